The van der Waals surface area contributed by atoms with Gasteiger partial charge >= 0.3 is 6.43 Å². The number of fused-ring (bicyclic) bond motifs is 1. The van der Waals surface area contributed by atoms with Gasteiger partial charge in [-0.1, -0.05) is 18.2 Å². The monoisotopic (exact) mass is 223 g/mol. The van der Waals surface area contributed by atoms with Crippen LogP contribution in [0.2, 0.25) is 0 Å². The molecule has 0 saturated heterocycles. The highest BCUT2D eigenvalue weighted by Gasteiger charge is 2.24. The summed E-state index contributed by atoms with van der Waals surface area (Å²) in [7, 11) is 1.76. The molecule has 1 heterocycles. The van der Waals surface area contributed by atoms with Crippen LogP contribution in [-0.4, -0.2) is 16.8 Å². The van der Waals surface area contributed by atoms with Gasteiger partial charge in [0.2, 0.25) is 5.78 Å². The highest BCUT2D eigenvalue weighted by Crippen LogP contribution is 2.26. The van der Waals surface area contributed by atoms with E-state index in [1.54, 1.807) is 30.7 Å². The molecule has 0 fully saturated rings. The highest BCUT2D eigenvalue weighted by molar-refractivity contribution is 6.10. The third kappa shape index (κ3) is 1.41. The Kier molecular flexibility index (Phi) is 2.50. The molecular formula is C12H11F2NO. The molecule has 2 rings (SSSR count). The second kappa shape index (κ2) is 3.70. The van der Waals surface area contributed by atoms with Gasteiger partial charge in [0, 0.05) is 23.6 Å². The molecule has 1 aromatic carbocycles. The quantitative estimate of drug-likeness (QED) is 0.717. The standard InChI is InChI=1S/C12H11F2NO/c1-7-10(11(16)12(13)14)8-5-3-4-6-9(8)15(7)2/h3-6,12H,1-2H3. The van der Waals surface area contributed by atoms with Crippen LogP contribution in [-0.2, 0) is 7.05 Å². The maximum atomic E-state index is 12.5. The minimum atomic E-state index is -2.95. The van der Waals surface area contributed by atoms with Crippen LogP contribution in [0.1, 0.15) is 16.1 Å². The number of hydrogen-bond acceptors (Lipinski definition) is 1. The minimum Gasteiger partial charge on any atom is -0.347 e. The van der Waals surface area contributed by atoms with E-state index in [1.165, 1.54) is 0 Å². The van der Waals surface area contributed by atoms with Crippen molar-refractivity contribution in [2.75, 3.05) is 0 Å². The van der Waals surface area contributed by atoms with Gasteiger partial charge in [0.15, 0.2) is 0 Å². The summed E-state index contributed by atoms with van der Waals surface area (Å²) in [5, 5.41) is 0.591. The summed E-state index contributed by atoms with van der Waals surface area (Å²) in [6.45, 7) is 1.68. The summed E-state index contributed by atoms with van der Waals surface area (Å²) >= 11 is 0. The van der Waals surface area contributed by atoms with Gasteiger partial charge in [0.1, 0.15) is 0 Å². The fourth-order valence-electron chi connectivity index (χ4n) is 1.94. The summed E-state index contributed by atoms with van der Waals surface area (Å²) < 4.78 is 26.7. The number of aromatic nitrogens is 1. The predicted molar refractivity (Wildman–Crippen MR) is 58.0 cm³/mol. The second-order valence-corrected chi connectivity index (χ2v) is 3.70. The average Bonchev–Trinajstić information content (AvgIpc) is 2.52. The summed E-state index contributed by atoms with van der Waals surface area (Å²) in [6.07, 6.45) is -2.95. The van der Waals surface area contributed by atoms with Crippen LogP contribution >= 0.6 is 0 Å². The van der Waals surface area contributed by atoms with Crippen LogP contribution < -0.4 is 0 Å². The Bertz CT molecular complexity index is 557. The number of carbonyl (C=O) groups excluding carboxylic acids is 1. The Hall–Kier alpha value is -1.71. The number of halogens is 2. The van der Waals surface area contributed by atoms with E-state index < -0.39 is 12.2 Å². The first kappa shape index (κ1) is 10.8. The molecule has 2 aromatic rings. The fraction of sp³-hybridized carbons (Fsp3) is 0.250. The molecule has 16 heavy (non-hydrogen) atoms. The molecule has 0 aliphatic rings. The zero-order valence-electron chi connectivity index (χ0n) is 9.00. The van der Waals surface area contributed by atoms with Gasteiger partial charge in [-0.3, -0.25) is 4.79 Å². The van der Waals surface area contributed by atoms with Gasteiger partial charge < -0.3 is 4.57 Å². The van der Waals surface area contributed by atoms with E-state index >= 15 is 0 Å². The van der Waals surface area contributed by atoms with Crippen LogP contribution in [0.15, 0.2) is 24.3 Å². The number of aryl methyl sites for hydroxylation is 1. The predicted octanol–water partition coefficient (Wildman–Crippen LogP) is 2.93. The van der Waals surface area contributed by atoms with Crippen molar-refractivity contribution in [3.05, 3.63) is 35.5 Å². The van der Waals surface area contributed by atoms with Crippen LogP contribution in [0.25, 0.3) is 10.9 Å². The van der Waals surface area contributed by atoms with Crippen LogP contribution in [0.5, 0.6) is 0 Å². The van der Waals surface area contributed by atoms with Crippen molar-refractivity contribution in [1.29, 1.82) is 0 Å². The SMILES string of the molecule is Cc1c(C(=O)C(F)F)c2ccccc2n1C. The summed E-state index contributed by atoms with van der Waals surface area (Å²) in [5.41, 5.74) is 1.50. The van der Waals surface area contributed by atoms with Gasteiger partial charge in [-0.2, -0.15) is 0 Å². The third-order valence-corrected chi connectivity index (χ3v) is 2.84. The minimum absolute atomic E-state index is 0.133. The van der Waals surface area contributed by atoms with Gasteiger partial charge in [0.05, 0.1) is 5.56 Å². The van der Waals surface area contributed by atoms with E-state index in [9.17, 15) is 13.6 Å². The lowest BCUT2D eigenvalue weighted by atomic mass is 10.1. The number of ketones is 1. The normalized spacial score (nSPS) is 11.3. The Balaban J connectivity index is 2.79. The number of rotatable bonds is 2. The van der Waals surface area contributed by atoms with Crippen LogP contribution in [0.4, 0.5) is 8.78 Å². The highest BCUT2D eigenvalue weighted by atomic mass is 19.3. The lowest BCUT2D eigenvalue weighted by Gasteiger charge is -2.00. The summed E-state index contributed by atoms with van der Waals surface area (Å²) in [4.78, 5) is 11.4. The van der Waals surface area contributed by atoms with Crippen molar-refractivity contribution in [1.82, 2.24) is 4.57 Å². The van der Waals surface area contributed by atoms with Gasteiger partial charge in [-0.15, -0.1) is 0 Å². The van der Waals surface area contributed by atoms with Crippen molar-refractivity contribution in [3.8, 4) is 0 Å². The smallest absolute Gasteiger partial charge is 0.300 e. The molecule has 4 heteroatoms. The number of hydrogen-bond donors (Lipinski definition) is 0. The molecule has 0 amide bonds. The molecule has 0 N–H and O–H groups in total. The molecule has 0 spiro atoms. The first-order valence-electron chi connectivity index (χ1n) is 4.90. The topological polar surface area (TPSA) is 22.0 Å². The van der Waals surface area contributed by atoms with E-state index in [2.05, 4.69) is 0 Å². The van der Waals surface area contributed by atoms with E-state index in [-0.39, 0.29) is 5.56 Å². The third-order valence-electron chi connectivity index (χ3n) is 2.84. The van der Waals surface area contributed by atoms with Crippen molar-refractivity contribution >= 4 is 16.7 Å². The van der Waals surface area contributed by atoms with Crippen molar-refractivity contribution < 1.29 is 13.6 Å². The van der Waals surface area contributed by atoms with Crippen LogP contribution in [0, 0.1) is 6.92 Å². The molecule has 0 radical (unpaired) electrons. The Morgan fingerprint density at radius 2 is 1.94 bits per heavy atom. The first-order valence-corrected chi connectivity index (χ1v) is 4.90. The number of Topliss-reactive ketones (excluding diaryl/α,β-unsaturated/α-hetero) is 1. The van der Waals surface area contributed by atoms with Crippen molar-refractivity contribution in [2.45, 2.75) is 13.3 Å². The van der Waals surface area contributed by atoms with Gasteiger partial charge in [-0.25, -0.2) is 8.78 Å². The number of alkyl halides is 2. The fourth-order valence-corrected chi connectivity index (χ4v) is 1.94. The average molecular weight is 223 g/mol. The molecule has 2 nitrogen and oxygen atoms in total. The molecule has 0 atom stereocenters. The molecule has 0 aliphatic heterocycles. The van der Waals surface area contributed by atoms with Gasteiger partial charge in [-0.05, 0) is 13.0 Å². The van der Waals surface area contributed by atoms with Crippen molar-refractivity contribution in [2.24, 2.45) is 7.05 Å². The molecule has 0 unspecified atom stereocenters. The lowest BCUT2D eigenvalue weighted by Crippen LogP contribution is -2.11. The maximum Gasteiger partial charge on any atom is 0.300 e. The Morgan fingerprint density at radius 3 is 2.56 bits per heavy atom. The number of benzene rings is 1. The Morgan fingerprint density at radius 1 is 1.31 bits per heavy atom. The molecule has 1 aromatic heterocycles. The number of carbonyl (C=O) groups is 1. The second-order valence-electron chi connectivity index (χ2n) is 3.70. The molecule has 84 valence electrons. The molecule has 0 saturated carbocycles. The summed E-state index contributed by atoms with van der Waals surface area (Å²) in [6, 6.07) is 7.06. The zero-order valence-corrected chi connectivity index (χ0v) is 9.00. The van der Waals surface area contributed by atoms with E-state index in [0.717, 1.165) is 5.52 Å². The van der Waals surface area contributed by atoms with E-state index in [1.807, 2.05) is 12.1 Å². The van der Waals surface area contributed by atoms with E-state index in [0.29, 0.717) is 11.1 Å². The molecule has 0 bridgehead atoms. The summed E-state index contributed by atoms with van der Waals surface area (Å²) in [5.74, 6) is -1.10. The number of para-hydroxylation sites is 1. The zero-order chi connectivity index (χ0) is 11.9. The largest absolute Gasteiger partial charge is 0.347 e. The van der Waals surface area contributed by atoms with Crippen LogP contribution in [0.3, 0.4) is 0 Å². The molecule has 0 aliphatic carbocycles. The lowest BCUT2D eigenvalue weighted by molar-refractivity contribution is 0.0679. The van der Waals surface area contributed by atoms with Crippen molar-refractivity contribution in [3.63, 3.8) is 0 Å². The maximum absolute atomic E-state index is 12.5. The first-order chi connectivity index (χ1) is 7.54. The van der Waals surface area contributed by atoms with E-state index in [4.69, 9.17) is 0 Å². The van der Waals surface area contributed by atoms with Gasteiger partial charge in [0.25, 0.3) is 0 Å². The number of nitrogens with zero attached hydrogens (tertiary/aromatic N) is 1. The molecular weight excluding hydrogens is 212 g/mol. The Labute approximate surface area is 91.5 Å².